The van der Waals surface area contributed by atoms with E-state index in [1.165, 1.54) is 0 Å². The minimum atomic E-state index is -1.29. The maximum Gasteiger partial charge on any atom is 0.182 e. The molecule has 0 unspecified atom stereocenters. The number of aromatic nitrogens is 1. The first kappa shape index (κ1) is 12.4. The van der Waals surface area contributed by atoms with E-state index in [2.05, 4.69) is 9.69 Å². The fraction of sp³-hybridized carbons (Fsp3) is 0.0909. The molecule has 0 radical (unpaired) electrons. The Morgan fingerprint density at radius 3 is 2.72 bits per heavy atom. The number of nitrogens with zero attached hydrogens (tertiary/aromatic N) is 2. The van der Waals surface area contributed by atoms with E-state index in [1.54, 1.807) is 6.92 Å². The van der Waals surface area contributed by atoms with E-state index in [0.29, 0.717) is 11.8 Å². The second-order valence-electron chi connectivity index (χ2n) is 3.46. The quantitative estimate of drug-likeness (QED) is 0.849. The smallest absolute Gasteiger partial charge is 0.182 e. The first-order valence-corrected chi connectivity index (χ1v) is 5.58. The molecule has 1 aromatic carbocycles. The van der Waals surface area contributed by atoms with Gasteiger partial charge in [0.15, 0.2) is 11.6 Å². The van der Waals surface area contributed by atoms with E-state index in [9.17, 15) is 13.2 Å². The van der Waals surface area contributed by atoms with Crippen LogP contribution in [0, 0.1) is 35.7 Å². The van der Waals surface area contributed by atoms with Gasteiger partial charge in [-0.3, -0.25) is 0 Å². The van der Waals surface area contributed by atoms with Crippen LogP contribution in [0.15, 0.2) is 12.1 Å². The first-order valence-electron chi connectivity index (χ1n) is 4.81. The highest BCUT2D eigenvalue weighted by Crippen LogP contribution is 2.29. The molecule has 1 aromatic heterocycles. The molecule has 0 aliphatic carbocycles. The lowest BCUT2D eigenvalue weighted by Gasteiger charge is -2.06. The van der Waals surface area contributed by atoms with Crippen molar-refractivity contribution in [2.75, 3.05) is 5.32 Å². The predicted octanol–water partition coefficient (Wildman–Crippen LogP) is 3.48. The van der Waals surface area contributed by atoms with Gasteiger partial charge in [0.25, 0.3) is 0 Å². The third kappa shape index (κ3) is 2.15. The number of nitrogens with one attached hydrogen (secondary N) is 1. The van der Waals surface area contributed by atoms with Gasteiger partial charge in [-0.2, -0.15) is 9.64 Å². The van der Waals surface area contributed by atoms with Gasteiger partial charge in [-0.25, -0.2) is 13.2 Å². The summed E-state index contributed by atoms with van der Waals surface area (Å²) in [6, 6.07) is 3.15. The summed E-state index contributed by atoms with van der Waals surface area (Å²) < 4.78 is 43.3. The Morgan fingerprint density at radius 1 is 1.33 bits per heavy atom. The first-order chi connectivity index (χ1) is 8.52. The average molecular weight is 269 g/mol. The van der Waals surface area contributed by atoms with Crippen LogP contribution in [-0.2, 0) is 0 Å². The number of benzene rings is 1. The molecule has 1 heterocycles. The maximum absolute atomic E-state index is 13.4. The Morgan fingerprint density at radius 2 is 2.06 bits per heavy atom. The van der Waals surface area contributed by atoms with Crippen molar-refractivity contribution < 1.29 is 13.2 Å². The molecule has 18 heavy (non-hydrogen) atoms. The van der Waals surface area contributed by atoms with Crippen LogP contribution in [0.4, 0.5) is 23.9 Å². The van der Waals surface area contributed by atoms with Crippen molar-refractivity contribution in [3.63, 3.8) is 0 Å². The molecule has 7 heteroatoms. The fourth-order valence-corrected chi connectivity index (χ4v) is 2.12. The molecule has 0 saturated heterocycles. The van der Waals surface area contributed by atoms with Crippen molar-refractivity contribution in [1.82, 2.24) is 4.37 Å². The molecule has 0 atom stereocenters. The summed E-state index contributed by atoms with van der Waals surface area (Å²) in [6.07, 6.45) is 0. The van der Waals surface area contributed by atoms with E-state index < -0.39 is 17.5 Å². The largest absolute Gasteiger partial charge is 0.342 e. The van der Waals surface area contributed by atoms with Crippen LogP contribution in [-0.4, -0.2) is 4.37 Å². The van der Waals surface area contributed by atoms with Crippen molar-refractivity contribution >= 4 is 22.2 Å². The molecule has 2 aromatic rings. The molecule has 0 saturated carbocycles. The summed E-state index contributed by atoms with van der Waals surface area (Å²) in [7, 11) is 0. The van der Waals surface area contributed by atoms with Crippen LogP contribution in [0.1, 0.15) is 11.3 Å². The van der Waals surface area contributed by atoms with Crippen LogP contribution in [0.5, 0.6) is 0 Å². The van der Waals surface area contributed by atoms with E-state index in [0.717, 1.165) is 17.6 Å². The summed E-state index contributed by atoms with van der Waals surface area (Å²) in [5.41, 5.74) is 0.332. The molecule has 0 aliphatic heterocycles. The zero-order chi connectivity index (χ0) is 13.3. The lowest BCUT2D eigenvalue weighted by Crippen LogP contribution is -1.98. The standard InChI is InChI=1S/C11H6F3N3S/c1-5-7(4-15)11(18-17-5)16-9-3-6(12)2-8(13)10(9)14/h2-3,16H,1H3. The Balaban J connectivity index is 2.44. The molecule has 0 fully saturated rings. The second kappa shape index (κ2) is 4.66. The number of anilines is 2. The molecule has 0 aliphatic rings. The predicted molar refractivity (Wildman–Crippen MR) is 61.2 cm³/mol. The third-order valence-corrected chi connectivity index (χ3v) is 3.07. The zero-order valence-corrected chi connectivity index (χ0v) is 9.91. The summed E-state index contributed by atoms with van der Waals surface area (Å²) in [4.78, 5) is 0. The van der Waals surface area contributed by atoms with E-state index in [4.69, 9.17) is 5.26 Å². The SMILES string of the molecule is Cc1nsc(Nc2cc(F)cc(F)c2F)c1C#N. The summed E-state index contributed by atoms with van der Waals surface area (Å²) >= 11 is 0.921. The molecule has 0 bridgehead atoms. The van der Waals surface area contributed by atoms with Crippen molar-refractivity contribution in [3.8, 4) is 6.07 Å². The Bertz CT molecular complexity index is 646. The van der Waals surface area contributed by atoms with E-state index in [1.807, 2.05) is 6.07 Å². The molecular formula is C11H6F3N3S. The normalized spacial score (nSPS) is 10.2. The van der Waals surface area contributed by atoms with Gasteiger partial charge >= 0.3 is 0 Å². The van der Waals surface area contributed by atoms with Gasteiger partial charge in [-0.15, -0.1) is 0 Å². The molecule has 3 nitrogen and oxygen atoms in total. The highest BCUT2D eigenvalue weighted by atomic mass is 32.1. The zero-order valence-electron chi connectivity index (χ0n) is 9.09. The fourth-order valence-electron chi connectivity index (χ4n) is 1.36. The Kier molecular flexibility index (Phi) is 3.21. The second-order valence-corrected chi connectivity index (χ2v) is 4.23. The number of halogens is 3. The van der Waals surface area contributed by atoms with Crippen molar-refractivity contribution in [2.45, 2.75) is 6.92 Å². The molecular weight excluding hydrogens is 263 g/mol. The van der Waals surface area contributed by atoms with Gasteiger partial charge in [0.05, 0.1) is 11.4 Å². The summed E-state index contributed by atoms with van der Waals surface area (Å²) in [6.45, 7) is 1.61. The van der Waals surface area contributed by atoms with Gasteiger partial charge in [-0.1, -0.05) is 0 Å². The lowest BCUT2D eigenvalue weighted by molar-refractivity contribution is 0.498. The van der Waals surface area contributed by atoms with Gasteiger partial charge in [0.1, 0.15) is 22.5 Å². The molecule has 1 N–H and O–H groups in total. The summed E-state index contributed by atoms with van der Waals surface area (Å²) in [5.74, 6) is -3.40. The number of hydrogen-bond donors (Lipinski definition) is 1. The van der Waals surface area contributed by atoms with E-state index >= 15 is 0 Å². The van der Waals surface area contributed by atoms with Crippen LogP contribution in [0.2, 0.25) is 0 Å². The number of rotatable bonds is 2. The van der Waals surface area contributed by atoms with Gasteiger partial charge in [0.2, 0.25) is 0 Å². The Labute approximate surface area is 105 Å². The highest BCUT2D eigenvalue weighted by Gasteiger charge is 2.15. The van der Waals surface area contributed by atoms with Crippen molar-refractivity contribution in [3.05, 3.63) is 40.8 Å². The topological polar surface area (TPSA) is 48.7 Å². The van der Waals surface area contributed by atoms with Crippen molar-refractivity contribution in [2.24, 2.45) is 0 Å². The molecule has 92 valence electrons. The number of hydrogen-bond acceptors (Lipinski definition) is 4. The van der Waals surface area contributed by atoms with Crippen LogP contribution >= 0.6 is 11.5 Å². The van der Waals surface area contributed by atoms with Crippen molar-refractivity contribution in [1.29, 1.82) is 5.26 Å². The third-order valence-electron chi connectivity index (χ3n) is 2.22. The maximum atomic E-state index is 13.4. The van der Waals surface area contributed by atoms with Crippen LogP contribution in [0.3, 0.4) is 0 Å². The number of aryl methyl sites for hydroxylation is 1. The monoisotopic (exact) mass is 269 g/mol. The average Bonchev–Trinajstić information content (AvgIpc) is 2.66. The highest BCUT2D eigenvalue weighted by molar-refractivity contribution is 7.10. The van der Waals surface area contributed by atoms with E-state index in [-0.39, 0.29) is 16.3 Å². The Hall–Kier alpha value is -2.07. The van der Waals surface area contributed by atoms with Gasteiger partial charge in [0, 0.05) is 12.1 Å². The van der Waals surface area contributed by atoms with Gasteiger partial charge < -0.3 is 5.32 Å². The molecule has 2 rings (SSSR count). The lowest BCUT2D eigenvalue weighted by atomic mass is 10.2. The van der Waals surface area contributed by atoms with Crippen LogP contribution in [0.25, 0.3) is 0 Å². The molecule has 0 spiro atoms. The van der Waals surface area contributed by atoms with Crippen LogP contribution < -0.4 is 5.32 Å². The minimum absolute atomic E-state index is 0.226. The molecule has 0 amide bonds. The van der Waals surface area contributed by atoms with Gasteiger partial charge in [-0.05, 0) is 18.5 Å². The summed E-state index contributed by atoms with van der Waals surface area (Å²) in [5, 5.41) is 11.6. The number of nitriles is 1. The minimum Gasteiger partial charge on any atom is -0.342 e.